The van der Waals surface area contributed by atoms with Gasteiger partial charge in [-0.25, -0.2) is 9.18 Å². The van der Waals surface area contributed by atoms with Gasteiger partial charge in [0.15, 0.2) is 0 Å². The second-order valence-electron chi connectivity index (χ2n) is 6.52. The molecule has 2 heterocycles. The average molecular weight is 338 g/mol. The lowest BCUT2D eigenvalue weighted by Crippen LogP contribution is -2.18. The molecule has 1 aliphatic heterocycles. The van der Waals surface area contributed by atoms with Crippen LogP contribution in [-0.4, -0.2) is 33.6 Å². The van der Waals surface area contributed by atoms with Crippen molar-refractivity contribution in [3.8, 4) is 5.69 Å². The van der Waals surface area contributed by atoms with Crippen molar-refractivity contribution in [2.75, 3.05) is 13.1 Å². The average Bonchev–Trinajstić information content (AvgIpc) is 3.24. The first-order chi connectivity index (χ1) is 12.1. The molecule has 1 fully saturated rings. The molecule has 0 radical (unpaired) electrons. The highest BCUT2D eigenvalue weighted by Crippen LogP contribution is 2.28. The van der Waals surface area contributed by atoms with Crippen LogP contribution in [0.25, 0.3) is 16.6 Å². The highest BCUT2D eigenvalue weighted by molar-refractivity contribution is 5.88. The molecule has 0 atom stereocenters. The molecule has 0 aliphatic carbocycles. The van der Waals surface area contributed by atoms with Gasteiger partial charge in [-0.15, -0.1) is 0 Å². The third-order valence-electron chi connectivity index (χ3n) is 4.83. The SMILES string of the molecule is O=C(O)c1ccc(-n2cc(CN3CCCC3)c3cc(F)ccc32)cc1. The molecule has 1 aromatic heterocycles. The maximum Gasteiger partial charge on any atom is 0.335 e. The van der Waals surface area contributed by atoms with E-state index < -0.39 is 5.97 Å². The molecule has 1 aliphatic rings. The summed E-state index contributed by atoms with van der Waals surface area (Å²) in [5.74, 6) is -1.19. The monoisotopic (exact) mass is 338 g/mol. The highest BCUT2D eigenvalue weighted by Gasteiger charge is 2.17. The molecule has 2 aromatic carbocycles. The topological polar surface area (TPSA) is 45.5 Å². The van der Waals surface area contributed by atoms with Crippen molar-refractivity contribution >= 4 is 16.9 Å². The summed E-state index contributed by atoms with van der Waals surface area (Å²) in [7, 11) is 0. The lowest BCUT2D eigenvalue weighted by Gasteiger charge is -2.13. The first-order valence-electron chi connectivity index (χ1n) is 8.47. The molecule has 0 bridgehead atoms. The van der Waals surface area contributed by atoms with Gasteiger partial charge in [0.25, 0.3) is 0 Å². The van der Waals surface area contributed by atoms with E-state index in [4.69, 9.17) is 5.11 Å². The molecule has 0 amide bonds. The summed E-state index contributed by atoms with van der Waals surface area (Å²) in [6, 6.07) is 11.6. The first-order valence-corrected chi connectivity index (χ1v) is 8.47. The molecule has 4 rings (SSSR count). The highest BCUT2D eigenvalue weighted by atomic mass is 19.1. The number of halogens is 1. The number of fused-ring (bicyclic) bond motifs is 1. The summed E-state index contributed by atoms with van der Waals surface area (Å²) in [6.45, 7) is 2.96. The molecule has 4 nitrogen and oxygen atoms in total. The maximum atomic E-state index is 13.8. The summed E-state index contributed by atoms with van der Waals surface area (Å²) in [4.78, 5) is 13.4. The van der Waals surface area contributed by atoms with Crippen LogP contribution in [0.2, 0.25) is 0 Å². The van der Waals surface area contributed by atoms with Gasteiger partial charge in [0.1, 0.15) is 5.82 Å². The van der Waals surface area contributed by atoms with Crippen LogP contribution in [0.1, 0.15) is 28.8 Å². The number of carboxylic acids is 1. The number of carbonyl (C=O) groups is 1. The summed E-state index contributed by atoms with van der Waals surface area (Å²) in [6.07, 6.45) is 4.46. The summed E-state index contributed by atoms with van der Waals surface area (Å²) in [5.41, 5.74) is 3.15. The van der Waals surface area contributed by atoms with Crippen molar-refractivity contribution in [2.24, 2.45) is 0 Å². The Morgan fingerprint density at radius 1 is 1.08 bits per heavy atom. The van der Waals surface area contributed by atoms with Crippen molar-refractivity contribution in [3.63, 3.8) is 0 Å². The molecule has 5 heteroatoms. The second kappa shape index (κ2) is 6.33. The maximum absolute atomic E-state index is 13.8. The molecule has 1 N–H and O–H groups in total. The van der Waals surface area contributed by atoms with Gasteiger partial charge in [0.2, 0.25) is 0 Å². The molecular weight excluding hydrogens is 319 g/mol. The van der Waals surface area contributed by atoms with Crippen LogP contribution in [0, 0.1) is 5.82 Å². The third-order valence-corrected chi connectivity index (χ3v) is 4.83. The van der Waals surface area contributed by atoms with Crippen LogP contribution in [0.4, 0.5) is 4.39 Å². The zero-order chi connectivity index (χ0) is 17.4. The van der Waals surface area contributed by atoms with Crippen molar-refractivity contribution in [1.29, 1.82) is 0 Å². The van der Waals surface area contributed by atoms with E-state index in [-0.39, 0.29) is 11.4 Å². The van der Waals surface area contributed by atoms with Crippen LogP contribution < -0.4 is 0 Å². The van der Waals surface area contributed by atoms with Gasteiger partial charge in [-0.05, 0) is 74.0 Å². The number of carboxylic acid groups (broad SMARTS) is 1. The predicted molar refractivity (Wildman–Crippen MR) is 94.7 cm³/mol. The predicted octanol–water partition coefficient (Wildman–Crippen LogP) is 4.06. The largest absolute Gasteiger partial charge is 0.478 e. The second-order valence-corrected chi connectivity index (χ2v) is 6.52. The van der Waals surface area contributed by atoms with Crippen molar-refractivity contribution in [1.82, 2.24) is 9.47 Å². The van der Waals surface area contributed by atoms with Crippen LogP contribution in [-0.2, 0) is 6.54 Å². The van der Waals surface area contributed by atoms with E-state index in [0.29, 0.717) is 0 Å². The third kappa shape index (κ3) is 3.03. The summed E-state index contributed by atoms with van der Waals surface area (Å²) in [5, 5.41) is 9.97. The van der Waals surface area contributed by atoms with Gasteiger partial charge in [-0.2, -0.15) is 0 Å². The van der Waals surface area contributed by atoms with Gasteiger partial charge in [0, 0.05) is 23.8 Å². The van der Waals surface area contributed by atoms with Crippen LogP contribution in [0.3, 0.4) is 0 Å². The van der Waals surface area contributed by atoms with Crippen LogP contribution >= 0.6 is 0 Å². The number of aromatic nitrogens is 1. The van der Waals surface area contributed by atoms with Crippen LogP contribution in [0.5, 0.6) is 0 Å². The lowest BCUT2D eigenvalue weighted by atomic mass is 10.1. The molecule has 1 saturated heterocycles. The Labute approximate surface area is 145 Å². The molecule has 3 aromatic rings. The summed E-state index contributed by atoms with van der Waals surface area (Å²) < 4.78 is 15.8. The van der Waals surface area contributed by atoms with E-state index in [2.05, 4.69) is 4.90 Å². The minimum absolute atomic E-state index is 0.242. The minimum Gasteiger partial charge on any atom is -0.478 e. The number of aromatic carboxylic acids is 1. The lowest BCUT2D eigenvalue weighted by molar-refractivity contribution is 0.0697. The number of rotatable bonds is 4. The number of nitrogens with zero attached hydrogens (tertiary/aromatic N) is 2. The standard InChI is InChI=1S/C20H19FN2O2/c21-16-5-8-19-18(11-16)15(12-22-9-1-2-10-22)13-23(19)17-6-3-14(4-7-17)20(24)25/h3-8,11,13H,1-2,9-10,12H2,(H,24,25). The Morgan fingerprint density at radius 2 is 1.80 bits per heavy atom. The van der Waals surface area contributed by atoms with E-state index in [1.807, 2.05) is 10.8 Å². The van der Waals surface area contributed by atoms with E-state index >= 15 is 0 Å². The Bertz CT molecular complexity index is 925. The van der Waals surface area contributed by atoms with E-state index in [9.17, 15) is 9.18 Å². The minimum atomic E-state index is -0.944. The fourth-order valence-electron chi connectivity index (χ4n) is 3.56. The molecule has 0 unspecified atom stereocenters. The normalized spacial score (nSPS) is 15.1. The van der Waals surface area contributed by atoms with E-state index in [1.54, 1.807) is 36.4 Å². The first kappa shape index (κ1) is 15.8. The van der Waals surface area contributed by atoms with E-state index in [1.165, 1.54) is 18.9 Å². The fourth-order valence-corrected chi connectivity index (χ4v) is 3.56. The Kier molecular flexibility index (Phi) is 4.01. The quantitative estimate of drug-likeness (QED) is 0.780. The number of hydrogen-bond donors (Lipinski definition) is 1. The molecule has 0 saturated carbocycles. The fraction of sp³-hybridized carbons (Fsp3) is 0.250. The van der Waals surface area contributed by atoms with E-state index in [0.717, 1.165) is 41.8 Å². The Morgan fingerprint density at radius 3 is 2.48 bits per heavy atom. The van der Waals surface area contributed by atoms with Crippen molar-refractivity contribution in [2.45, 2.75) is 19.4 Å². The summed E-state index contributed by atoms with van der Waals surface area (Å²) >= 11 is 0. The van der Waals surface area contributed by atoms with Gasteiger partial charge < -0.3 is 9.67 Å². The zero-order valence-corrected chi connectivity index (χ0v) is 13.8. The number of likely N-dealkylation sites (tertiary alicyclic amines) is 1. The van der Waals surface area contributed by atoms with Gasteiger partial charge >= 0.3 is 5.97 Å². The molecule has 0 spiro atoms. The Balaban J connectivity index is 1.78. The molecule has 128 valence electrons. The zero-order valence-electron chi connectivity index (χ0n) is 13.8. The smallest absolute Gasteiger partial charge is 0.335 e. The van der Waals surface area contributed by atoms with Crippen molar-refractivity contribution < 1.29 is 14.3 Å². The van der Waals surface area contributed by atoms with Gasteiger partial charge in [-0.1, -0.05) is 0 Å². The van der Waals surface area contributed by atoms with Crippen molar-refractivity contribution in [3.05, 3.63) is 65.6 Å². The number of benzene rings is 2. The Hall–Kier alpha value is -2.66. The van der Waals surface area contributed by atoms with Crippen LogP contribution in [0.15, 0.2) is 48.7 Å². The van der Waals surface area contributed by atoms with Gasteiger partial charge in [0.05, 0.1) is 11.1 Å². The van der Waals surface area contributed by atoms with Gasteiger partial charge in [-0.3, -0.25) is 4.90 Å². The molecule has 25 heavy (non-hydrogen) atoms. The molecular formula is C20H19FN2O2. The number of hydrogen-bond acceptors (Lipinski definition) is 2.